The van der Waals surface area contributed by atoms with Crippen molar-refractivity contribution in [3.63, 3.8) is 0 Å². The van der Waals surface area contributed by atoms with Gasteiger partial charge in [0.2, 0.25) is 11.8 Å². The summed E-state index contributed by atoms with van der Waals surface area (Å²) in [5.41, 5.74) is 2.38. The second kappa shape index (κ2) is 9.59. The van der Waals surface area contributed by atoms with Gasteiger partial charge in [0, 0.05) is 31.6 Å². The third kappa shape index (κ3) is 4.48. The Labute approximate surface area is 199 Å². The Balaban J connectivity index is 1.46. The van der Waals surface area contributed by atoms with Crippen molar-refractivity contribution in [1.29, 1.82) is 0 Å². The zero-order valence-electron chi connectivity index (χ0n) is 19.5. The molecule has 2 aliphatic heterocycles. The van der Waals surface area contributed by atoms with Crippen molar-refractivity contribution in [2.75, 3.05) is 38.8 Å². The Bertz CT molecular complexity index is 1180. The number of amides is 1. The molecule has 3 heterocycles. The molecule has 0 unspecified atom stereocenters. The van der Waals surface area contributed by atoms with Gasteiger partial charge in [-0.3, -0.25) is 4.79 Å². The van der Waals surface area contributed by atoms with Crippen molar-refractivity contribution in [2.45, 2.75) is 25.8 Å². The zero-order valence-corrected chi connectivity index (χ0v) is 19.5. The number of hydrogen-bond acceptors (Lipinski definition) is 7. The van der Waals surface area contributed by atoms with Crippen molar-refractivity contribution < 1.29 is 19.0 Å². The van der Waals surface area contributed by atoms with Gasteiger partial charge in [0.1, 0.15) is 17.2 Å². The second-order valence-corrected chi connectivity index (χ2v) is 8.43. The van der Waals surface area contributed by atoms with Crippen LogP contribution in [0.3, 0.4) is 0 Å². The van der Waals surface area contributed by atoms with Gasteiger partial charge in [-0.2, -0.15) is 4.98 Å². The number of aromatic nitrogens is 2. The lowest BCUT2D eigenvalue weighted by atomic mass is 10.0. The predicted octanol–water partition coefficient (Wildman–Crippen LogP) is 4.08. The fourth-order valence-corrected chi connectivity index (χ4v) is 4.38. The van der Waals surface area contributed by atoms with Crippen molar-refractivity contribution in [3.8, 4) is 23.1 Å². The molecular formula is C26H28N4O4. The normalized spacial score (nSPS) is 15.1. The highest BCUT2D eigenvalue weighted by Crippen LogP contribution is 2.33. The summed E-state index contributed by atoms with van der Waals surface area (Å²) in [6, 6.07) is 14.6. The van der Waals surface area contributed by atoms with E-state index in [1.54, 1.807) is 20.3 Å². The number of methoxy groups -OCH3 is 2. The van der Waals surface area contributed by atoms with Crippen LogP contribution in [0.5, 0.6) is 23.1 Å². The van der Waals surface area contributed by atoms with E-state index in [0.717, 1.165) is 42.9 Å². The molecule has 0 N–H and O–H groups in total. The summed E-state index contributed by atoms with van der Waals surface area (Å²) < 4.78 is 16.8. The van der Waals surface area contributed by atoms with Gasteiger partial charge in [0.05, 0.1) is 32.0 Å². The average Bonchev–Trinajstić information content (AvgIpc) is 3.43. The van der Waals surface area contributed by atoms with E-state index in [4.69, 9.17) is 24.2 Å². The molecule has 3 aromatic rings. The third-order valence-corrected chi connectivity index (χ3v) is 6.28. The van der Waals surface area contributed by atoms with Gasteiger partial charge < -0.3 is 24.0 Å². The lowest BCUT2D eigenvalue weighted by Gasteiger charge is -2.30. The van der Waals surface area contributed by atoms with E-state index in [9.17, 15) is 4.79 Å². The van der Waals surface area contributed by atoms with Crippen molar-refractivity contribution in [1.82, 2.24) is 14.9 Å². The SMILES string of the molecule is COc1ccc(Oc2nc(N3CCCC3)nc3c2CN(C(=O)c2cccc(OC)c2)CC3)cc1. The molecule has 1 amide bonds. The second-order valence-electron chi connectivity index (χ2n) is 8.43. The number of benzene rings is 2. The smallest absolute Gasteiger partial charge is 0.254 e. The van der Waals surface area contributed by atoms with Gasteiger partial charge in [0.15, 0.2) is 0 Å². The largest absolute Gasteiger partial charge is 0.497 e. The maximum Gasteiger partial charge on any atom is 0.254 e. The molecule has 2 aliphatic rings. The van der Waals surface area contributed by atoms with Crippen LogP contribution in [-0.4, -0.2) is 54.6 Å². The molecule has 176 valence electrons. The van der Waals surface area contributed by atoms with Gasteiger partial charge >= 0.3 is 0 Å². The number of ether oxygens (including phenoxy) is 3. The maximum atomic E-state index is 13.3. The number of hydrogen-bond donors (Lipinski definition) is 0. The summed E-state index contributed by atoms with van der Waals surface area (Å²) >= 11 is 0. The van der Waals surface area contributed by atoms with Crippen LogP contribution in [0.2, 0.25) is 0 Å². The summed E-state index contributed by atoms with van der Waals surface area (Å²) in [5.74, 6) is 3.22. The van der Waals surface area contributed by atoms with Crippen molar-refractivity contribution in [3.05, 3.63) is 65.4 Å². The lowest BCUT2D eigenvalue weighted by Crippen LogP contribution is -2.37. The van der Waals surface area contributed by atoms with E-state index in [1.165, 1.54) is 0 Å². The molecule has 0 spiro atoms. The van der Waals surface area contributed by atoms with Crippen LogP contribution in [0.25, 0.3) is 0 Å². The fraction of sp³-hybridized carbons (Fsp3) is 0.346. The molecule has 1 fully saturated rings. The number of carbonyl (C=O) groups is 1. The van der Waals surface area contributed by atoms with E-state index in [0.29, 0.717) is 48.4 Å². The van der Waals surface area contributed by atoms with Crippen molar-refractivity contribution in [2.24, 2.45) is 0 Å². The predicted molar refractivity (Wildman–Crippen MR) is 128 cm³/mol. The van der Waals surface area contributed by atoms with E-state index in [2.05, 4.69) is 4.90 Å². The van der Waals surface area contributed by atoms with E-state index in [1.807, 2.05) is 47.4 Å². The number of nitrogens with zero attached hydrogens (tertiary/aromatic N) is 4. The van der Waals surface area contributed by atoms with E-state index < -0.39 is 0 Å². The standard InChI is InChI=1S/C26H28N4O4/c1-32-19-8-10-20(11-9-19)34-24-22-17-30(25(31)18-6-5-7-21(16-18)33-2)15-12-23(22)27-26(28-24)29-13-3-4-14-29/h5-11,16H,3-4,12-15,17H2,1-2H3. The van der Waals surface area contributed by atoms with Crippen LogP contribution in [-0.2, 0) is 13.0 Å². The molecule has 8 nitrogen and oxygen atoms in total. The lowest BCUT2D eigenvalue weighted by molar-refractivity contribution is 0.0731. The molecule has 2 aromatic carbocycles. The van der Waals surface area contributed by atoms with Crippen LogP contribution in [0.1, 0.15) is 34.5 Å². The molecule has 0 bridgehead atoms. The Morgan fingerprint density at radius 1 is 0.882 bits per heavy atom. The Morgan fingerprint density at radius 3 is 2.35 bits per heavy atom. The van der Waals surface area contributed by atoms with Crippen LogP contribution in [0, 0.1) is 0 Å². The summed E-state index contributed by atoms with van der Waals surface area (Å²) in [5, 5.41) is 0. The topological polar surface area (TPSA) is 77.0 Å². The summed E-state index contributed by atoms with van der Waals surface area (Å²) in [6.45, 7) is 2.86. The molecule has 0 aliphatic carbocycles. The Morgan fingerprint density at radius 2 is 1.62 bits per heavy atom. The molecule has 0 radical (unpaired) electrons. The summed E-state index contributed by atoms with van der Waals surface area (Å²) in [4.78, 5) is 27.0. The number of fused-ring (bicyclic) bond motifs is 1. The van der Waals surface area contributed by atoms with Crippen LogP contribution in [0.15, 0.2) is 48.5 Å². The van der Waals surface area contributed by atoms with Gasteiger partial charge in [-0.1, -0.05) is 6.07 Å². The van der Waals surface area contributed by atoms with Crippen molar-refractivity contribution >= 4 is 11.9 Å². The van der Waals surface area contributed by atoms with Crippen LogP contribution in [0.4, 0.5) is 5.95 Å². The maximum absolute atomic E-state index is 13.3. The molecule has 8 heteroatoms. The first kappa shape index (κ1) is 22.0. The van der Waals surface area contributed by atoms with Crippen LogP contribution >= 0.6 is 0 Å². The molecule has 0 atom stereocenters. The fourth-order valence-electron chi connectivity index (χ4n) is 4.38. The van der Waals surface area contributed by atoms with Gasteiger partial charge in [-0.15, -0.1) is 0 Å². The first-order chi connectivity index (χ1) is 16.6. The monoisotopic (exact) mass is 460 g/mol. The van der Waals surface area contributed by atoms with Gasteiger partial charge in [-0.25, -0.2) is 4.98 Å². The number of anilines is 1. The summed E-state index contributed by atoms with van der Waals surface area (Å²) in [7, 11) is 3.23. The zero-order chi connectivity index (χ0) is 23.5. The van der Waals surface area contributed by atoms with Gasteiger partial charge in [0.25, 0.3) is 5.91 Å². The number of carbonyl (C=O) groups excluding carboxylic acids is 1. The first-order valence-corrected chi connectivity index (χ1v) is 11.5. The quantitative estimate of drug-likeness (QED) is 0.548. The van der Waals surface area contributed by atoms with Crippen LogP contribution < -0.4 is 19.1 Å². The molecule has 5 rings (SSSR count). The third-order valence-electron chi connectivity index (χ3n) is 6.28. The van der Waals surface area contributed by atoms with E-state index in [-0.39, 0.29) is 5.91 Å². The minimum Gasteiger partial charge on any atom is -0.497 e. The highest BCUT2D eigenvalue weighted by atomic mass is 16.5. The molecule has 1 saturated heterocycles. The first-order valence-electron chi connectivity index (χ1n) is 11.5. The minimum atomic E-state index is -0.0523. The minimum absolute atomic E-state index is 0.0523. The Kier molecular flexibility index (Phi) is 6.20. The highest BCUT2D eigenvalue weighted by molar-refractivity contribution is 5.94. The molecule has 1 aromatic heterocycles. The Hall–Kier alpha value is -3.81. The van der Waals surface area contributed by atoms with Gasteiger partial charge in [-0.05, 0) is 55.3 Å². The highest BCUT2D eigenvalue weighted by Gasteiger charge is 2.29. The molecular weight excluding hydrogens is 432 g/mol. The van der Waals surface area contributed by atoms with E-state index >= 15 is 0 Å². The molecule has 0 saturated carbocycles. The summed E-state index contributed by atoms with van der Waals surface area (Å²) in [6.07, 6.45) is 2.92. The average molecular weight is 461 g/mol. The molecule has 34 heavy (non-hydrogen) atoms. The number of rotatable bonds is 6.